The van der Waals surface area contributed by atoms with Crippen LogP contribution in [0.4, 0.5) is 0 Å². The Bertz CT molecular complexity index is 724. The topological polar surface area (TPSA) is 65.0 Å². The molecule has 0 bridgehead atoms. The van der Waals surface area contributed by atoms with Crippen LogP contribution < -0.4 is 14.2 Å². The molecule has 0 aliphatic heterocycles. The van der Waals surface area contributed by atoms with E-state index in [-0.39, 0.29) is 6.42 Å². The van der Waals surface area contributed by atoms with Gasteiger partial charge >= 0.3 is 5.97 Å². The number of rotatable bonds is 9. The number of methoxy groups -OCH3 is 1. The summed E-state index contributed by atoms with van der Waals surface area (Å²) in [5, 5.41) is 8.89. The van der Waals surface area contributed by atoms with E-state index in [1.54, 1.807) is 13.2 Å². The number of carbonyl (C=O) groups is 1. The Balaban J connectivity index is 1.98. The third-order valence-corrected chi connectivity index (χ3v) is 3.81. The van der Waals surface area contributed by atoms with Crippen molar-refractivity contribution in [2.45, 2.75) is 26.7 Å². The van der Waals surface area contributed by atoms with Gasteiger partial charge in [-0.05, 0) is 43.5 Å². The Morgan fingerprint density at radius 3 is 2.48 bits per heavy atom. The van der Waals surface area contributed by atoms with Crippen LogP contribution in [0, 0.1) is 13.8 Å². The van der Waals surface area contributed by atoms with Crippen LogP contribution in [0.1, 0.15) is 23.1 Å². The second-order valence-electron chi connectivity index (χ2n) is 5.81. The highest BCUT2D eigenvalue weighted by atomic mass is 16.5. The predicted molar refractivity (Wildman–Crippen MR) is 95.9 cm³/mol. The standard InChI is InChI=1S/C20H24O5/c1-14-7-9-17(15(2)13-14)24-11-12-25-20-16(8-10-19(21)22)5-4-6-18(20)23-3/h4-7,9,13H,8,10-12H2,1-3H3,(H,21,22). The average molecular weight is 344 g/mol. The minimum absolute atomic E-state index is 0.0442. The van der Waals surface area contributed by atoms with Crippen molar-refractivity contribution in [1.29, 1.82) is 0 Å². The molecule has 0 saturated carbocycles. The van der Waals surface area contributed by atoms with E-state index in [4.69, 9.17) is 19.3 Å². The molecule has 0 amide bonds. The zero-order valence-electron chi connectivity index (χ0n) is 14.9. The first-order valence-electron chi connectivity index (χ1n) is 8.21. The van der Waals surface area contributed by atoms with Crippen molar-refractivity contribution in [1.82, 2.24) is 0 Å². The molecule has 2 aromatic carbocycles. The third-order valence-electron chi connectivity index (χ3n) is 3.81. The molecule has 2 rings (SSSR count). The number of ether oxygens (including phenoxy) is 3. The van der Waals surface area contributed by atoms with Gasteiger partial charge in [0.1, 0.15) is 19.0 Å². The number of hydrogen-bond donors (Lipinski definition) is 1. The van der Waals surface area contributed by atoms with Crippen molar-refractivity contribution in [2.24, 2.45) is 0 Å². The number of hydrogen-bond acceptors (Lipinski definition) is 4. The van der Waals surface area contributed by atoms with Crippen LogP contribution in [0.25, 0.3) is 0 Å². The maximum Gasteiger partial charge on any atom is 0.303 e. The molecule has 0 aromatic heterocycles. The number of benzene rings is 2. The molecule has 25 heavy (non-hydrogen) atoms. The zero-order valence-corrected chi connectivity index (χ0v) is 14.9. The van der Waals surface area contributed by atoms with E-state index >= 15 is 0 Å². The molecular formula is C20H24O5. The Morgan fingerprint density at radius 2 is 1.80 bits per heavy atom. The normalized spacial score (nSPS) is 10.4. The fourth-order valence-electron chi connectivity index (χ4n) is 2.58. The number of aryl methyl sites for hydroxylation is 3. The SMILES string of the molecule is COc1cccc(CCC(=O)O)c1OCCOc1ccc(C)cc1C. The van der Waals surface area contributed by atoms with Crippen molar-refractivity contribution < 1.29 is 24.1 Å². The third kappa shape index (κ3) is 5.41. The zero-order chi connectivity index (χ0) is 18.2. The Labute approximate surface area is 148 Å². The maximum absolute atomic E-state index is 10.8. The van der Waals surface area contributed by atoms with Gasteiger partial charge in [0.25, 0.3) is 0 Å². The second-order valence-corrected chi connectivity index (χ2v) is 5.81. The number of carboxylic acid groups (broad SMARTS) is 1. The van der Waals surface area contributed by atoms with E-state index in [1.807, 2.05) is 38.1 Å². The van der Waals surface area contributed by atoms with E-state index in [2.05, 4.69) is 6.07 Å². The molecule has 2 aromatic rings. The van der Waals surface area contributed by atoms with Crippen LogP contribution >= 0.6 is 0 Å². The molecular weight excluding hydrogens is 320 g/mol. The molecule has 5 nitrogen and oxygen atoms in total. The Morgan fingerprint density at radius 1 is 1.04 bits per heavy atom. The molecule has 0 heterocycles. The summed E-state index contributed by atoms with van der Waals surface area (Å²) in [6, 6.07) is 11.5. The minimum atomic E-state index is -0.841. The van der Waals surface area contributed by atoms with Crippen molar-refractivity contribution >= 4 is 5.97 Å². The van der Waals surface area contributed by atoms with Gasteiger partial charge in [-0.15, -0.1) is 0 Å². The summed E-state index contributed by atoms with van der Waals surface area (Å²) in [5.41, 5.74) is 3.09. The number of para-hydroxylation sites is 1. The van der Waals surface area contributed by atoms with Gasteiger partial charge in [0.05, 0.1) is 7.11 Å². The van der Waals surface area contributed by atoms with Crippen LogP contribution in [0.15, 0.2) is 36.4 Å². The van der Waals surface area contributed by atoms with Gasteiger partial charge in [0.15, 0.2) is 11.5 Å². The lowest BCUT2D eigenvalue weighted by Crippen LogP contribution is -2.11. The van der Waals surface area contributed by atoms with Gasteiger partial charge in [-0.25, -0.2) is 0 Å². The first-order valence-corrected chi connectivity index (χ1v) is 8.21. The fourth-order valence-corrected chi connectivity index (χ4v) is 2.58. The van der Waals surface area contributed by atoms with Crippen LogP contribution in [0.5, 0.6) is 17.2 Å². The van der Waals surface area contributed by atoms with Gasteiger partial charge in [0.2, 0.25) is 0 Å². The Kier molecular flexibility index (Phi) is 6.69. The summed E-state index contributed by atoms with van der Waals surface area (Å²) >= 11 is 0. The average Bonchev–Trinajstić information content (AvgIpc) is 2.58. The highest BCUT2D eigenvalue weighted by Gasteiger charge is 2.12. The van der Waals surface area contributed by atoms with Crippen molar-refractivity contribution in [3.05, 3.63) is 53.1 Å². The van der Waals surface area contributed by atoms with E-state index in [0.29, 0.717) is 31.1 Å². The van der Waals surface area contributed by atoms with Crippen molar-refractivity contribution in [3.63, 3.8) is 0 Å². The van der Waals surface area contributed by atoms with Gasteiger partial charge in [-0.1, -0.05) is 29.8 Å². The predicted octanol–water partition coefficient (Wildman–Crippen LogP) is 3.79. The number of carboxylic acids is 1. The van der Waals surface area contributed by atoms with E-state index < -0.39 is 5.97 Å². The monoisotopic (exact) mass is 344 g/mol. The quantitative estimate of drug-likeness (QED) is 0.701. The summed E-state index contributed by atoms with van der Waals surface area (Å²) in [5.74, 6) is 1.16. The first-order chi connectivity index (χ1) is 12.0. The molecule has 0 spiro atoms. The van der Waals surface area contributed by atoms with Gasteiger partial charge < -0.3 is 19.3 Å². The van der Waals surface area contributed by atoms with Crippen LogP contribution in [0.2, 0.25) is 0 Å². The smallest absolute Gasteiger partial charge is 0.303 e. The molecule has 0 fully saturated rings. The lowest BCUT2D eigenvalue weighted by Gasteiger charge is -2.15. The lowest BCUT2D eigenvalue weighted by molar-refractivity contribution is -0.136. The maximum atomic E-state index is 10.8. The largest absolute Gasteiger partial charge is 0.493 e. The van der Waals surface area contributed by atoms with Gasteiger partial charge in [-0.2, -0.15) is 0 Å². The fraction of sp³-hybridized carbons (Fsp3) is 0.350. The molecule has 0 radical (unpaired) electrons. The van der Waals surface area contributed by atoms with Gasteiger partial charge in [0, 0.05) is 6.42 Å². The summed E-state index contributed by atoms with van der Waals surface area (Å²) in [4.78, 5) is 10.8. The molecule has 0 atom stereocenters. The highest BCUT2D eigenvalue weighted by molar-refractivity contribution is 5.67. The molecule has 0 aliphatic carbocycles. The van der Waals surface area contributed by atoms with Gasteiger partial charge in [-0.3, -0.25) is 4.79 Å². The minimum Gasteiger partial charge on any atom is -0.493 e. The number of aliphatic carboxylic acids is 1. The van der Waals surface area contributed by atoms with Crippen molar-refractivity contribution in [2.75, 3.05) is 20.3 Å². The molecule has 0 aliphatic rings. The summed E-state index contributed by atoms with van der Waals surface area (Å²) < 4.78 is 16.9. The van der Waals surface area contributed by atoms with Crippen LogP contribution in [-0.2, 0) is 11.2 Å². The molecule has 0 unspecified atom stereocenters. The first kappa shape index (κ1) is 18.6. The van der Waals surface area contributed by atoms with Crippen molar-refractivity contribution in [3.8, 4) is 17.2 Å². The molecule has 134 valence electrons. The molecule has 0 saturated heterocycles. The lowest BCUT2D eigenvalue weighted by atomic mass is 10.1. The van der Waals surface area contributed by atoms with E-state index in [0.717, 1.165) is 16.9 Å². The summed E-state index contributed by atoms with van der Waals surface area (Å²) in [6.07, 6.45) is 0.433. The molecule has 5 heteroatoms. The summed E-state index contributed by atoms with van der Waals surface area (Å²) in [7, 11) is 1.56. The highest BCUT2D eigenvalue weighted by Crippen LogP contribution is 2.32. The van der Waals surface area contributed by atoms with E-state index in [9.17, 15) is 4.79 Å². The summed E-state index contributed by atoms with van der Waals surface area (Å²) in [6.45, 7) is 4.78. The van der Waals surface area contributed by atoms with E-state index in [1.165, 1.54) is 5.56 Å². The van der Waals surface area contributed by atoms with Crippen LogP contribution in [0.3, 0.4) is 0 Å². The second kappa shape index (κ2) is 8.97. The van der Waals surface area contributed by atoms with Crippen LogP contribution in [-0.4, -0.2) is 31.4 Å². The Hall–Kier alpha value is -2.69. The molecule has 1 N–H and O–H groups in total.